The molecule has 116 valence electrons. The van der Waals surface area contributed by atoms with Crippen LogP contribution in [0.2, 0.25) is 5.02 Å². The van der Waals surface area contributed by atoms with Gasteiger partial charge in [0.05, 0.1) is 19.1 Å². The summed E-state index contributed by atoms with van der Waals surface area (Å²) >= 11 is 5.98. The average molecular weight is 311 g/mol. The first kappa shape index (κ1) is 16.3. The van der Waals surface area contributed by atoms with Gasteiger partial charge in [0.15, 0.2) is 0 Å². The number of ether oxygens (including phenoxy) is 1. The molecule has 1 aliphatic rings. The number of nitrogens with zero attached hydrogens (tertiary/aromatic N) is 1. The van der Waals surface area contributed by atoms with Crippen molar-refractivity contribution in [1.29, 1.82) is 0 Å². The fourth-order valence-corrected chi connectivity index (χ4v) is 2.81. The van der Waals surface area contributed by atoms with E-state index in [4.69, 9.17) is 16.3 Å². The van der Waals surface area contributed by atoms with Crippen molar-refractivity contribution in [3.8, 4) is 0 Å². The second kappa shape index (κ2) is 7.78. The Hall–Kier alpha value is -1.10. The average Bonchev–Trinajstić information content (AvgIpc) is 2.92. The van der Waals surface area contributed by atoms with Crippen LogP contribution in [-0.2, 0) is 16.1 Å². The van der Waals surface area contributed by atoms with Crippen LogP contribution in [0.1, 0.15) is 18.9 Å². The topological polar surface area (TPSA) is 41.6 Å². The summed E-state index contributed by atoms with van der Waals surface area (Å²) in [6.45, 7) is 4.71. The predicted octanol–water partition coefficient (Wildman–Crippen LogP) is 2.31. The number of hydrogen-bond acceptors (Lipinski definition) is 3. The minimum absolute atomic E-state index is 0.0965. The van der Waals surface area contributed by atoms with Gasteiger partial charge in [-0.1, -0.05) is 30.7 Å². The van der Waals surface area contributed by atoms with Gasteiger partial charge in [0.1, 0.15) is 0 Å². The van der Waals surface area contributed by atoms with Gasteiger partial charge >= 0.3 is 0 Å². The third-order valence-corrected chi connectivity index (χ3v) is 3.97. The summed E-state index contributed by atoms with van der Waals surface area (Å²) in [5, 5.41) is 4.09. The molecule has 1 saturated heterocycles. The van der Waals surface area contributed by atoms with Gasteiger partial charge in [0, 0.05) is 24.7 Å². The van der Waals surface area contributed by atoms with Crippen molar-refractivity contribution >= 4 is 17.5 Å². The molecule has 2 atom stereocenters. The van der Waals surface area contributed by atoms with E-state index < -0.39 is 0 Å². The van der Waals surface area contributed by atoms with E-state index in [1.54, 1.807) is 4.90 Å². The smallest absolute Gasteiger partial charge is 0.229 e. The maximum Gasteiger partial charge on any atom is 0.229 e. The number of carbonyl (C=O) groups is 1. The summed E-state index contributed by atoms with van der Waals surface area (Å²) in [7, 11) is 1.83. The molecule has 1 heterocycles. The van der Waals surface area contributed by atoms with Crippen LogP contribution >= 0.6 is 11.6 Å². The summed E-state index contributed by atoms with van der Waals surface area (Å²) in [6.07, 6.45) is 1.05. The van der Waals surface area contributed by atoms with Crippen LogP contribution in [0.3, 0.4) is 0 Å². The lowest BCUT2D eigenvalue weighted by atomic mass is 10.0. The molecule has 0 aliphatic carbocycles. The van der Waals surface area contributed by atoms with Gasteiger partial charge < -0.3 is 15.0 Å². The monoisotopic (exact) mass is 310 g/mol. The zero-order valence-electron chi connectivity index (χ0n) is 12.6. The van der Waals surface area contributed by atoms with Crippen LogP contribution in [-0.4, -0.2) is 43.7 Å². The lowest BCUT2D eigenvalue weighted by Crippen LogP contribution is -2.44. The van der Waals surface area contributed by atoms with Gasteiger partial charge in [-0.3, -0.25) is 4.79 Å². The van der Waals surface area contributed by atoms with Crippen molar-refractivity contribution in [2.24, 2.45) is 5.92 Å². The first-order chi connectivity index (χ1) is 10.1. The second-order valence-corrected chi connectivity index (χ2v) is 5.97. The Morgan fingerprint density at radius 3 is 3.00 bits per heavy atom. The number of carbonyl (C=O) groups excluding carboxylic acids is 1. The summed E-state index contributed by atoms with van der Waals surface area (Å²) < 4.78 is 5.48. The SMILES string of the molecule is CCCNC1COCC1C(=O)N(C)Cc1cccc(Cl)c1. The van der Waals surface area contributed by atoms with Gasteiger partial charge in [0.2, 0.25) is 5.91 Å². The molecule has 0 aromatic heterocycles. The Kier molecular flexibility index (Phi) is 6.03. The molecular weight excluding hydrogens is 288 g/mol. The zero-order valence-corrected chi connectivity index (χ0v) is 13.4. The van der Waals surface area contributed by atoms with Crippen LogP contribution in [0.4, 0.5) is 0 Å². The summed E-state index contributed by atoms with van der Waals surface area (Å²) in [5.41, 5.74) is 1.04. The van der Waals surface area contributed by atoms with E-state index in [-0.39, 0.29) is 17.9 Å². The minimum atomic E-state index is -0.0965. The van der Waals surface area contributed by atoms with E-state index in [0.29, 0.717) is 24.8 Å². The lowest BCUT2D eigenvalue weighted by molar-refractivity contribution is -0.135. The molecule has 0 bridgehead atoms. The Morgan fingerprint density at radius 2 is 2.29 bits per heavy atom. The minimum Gasteiger partial charge on any atom is -0.379 e. The number of amides is 1. The van der Waals surface area contributed by atoms with E-state index in [1.165, 1.54) is 0 Å². The predicted molar refractivity (Wildman–Crippen MR) is 84.3 cm³/mol. The highest BCUT2D eigenvalue weighted by molar-refractivity contribution is 6.30. The Labute approximate surface area is 131 Å². The van der Waals surface area contributed by atoms with Crippen LogP contribution in [0.25, 0.3) is 0 Å². The number of hydrogen-bond donors (Lipinski definition) is 1. The van der Waals surface area contributed by atoms with E-state index in [1.807, 2.05) is 31.3 Å². The normalized spacial score (nSPS) is 21.5. The summed E-state index contributed by atoms with van der Waals surface area (Å²) in [4.78, 5) is 14.3. The van der Waals surface area contributed by atoms with E-state index in [0.717, 1.165) is 18.5 Å². The summed E-state index contributed by atoms with van der Waals surface area (Å²) in [6, 6.07) is 7.74. The molecule has 1 aliphatic heterocycles. The molecular formula is C16H23ClN2O2. The van der Waals surface area contributed by atoms with Crippen LogP contribution < -0.4 is 5.32 Å². The van der Waals surface area contributed by atoms with Crippen molar-refractivity contribution in [2.75, 3.05) is 26.8 Å². The maximum atomic E-state index is 12.6. The Balaban J connectivity index is 1.95. The van der Waals surface area contributed by atoms with Crippen molar-refractivity contribution in [2.45, 2.75) is 25.9 Å². The Bertz CT molecular complexity index is 481. The van der Waals surface area contributed by atoms with Crippen molar-refractivity contribution in [3.05, 3.63) is 34.9 Å². The molecule has 1 N–H and O–H groups in total. The maximum absolute atomic E-state index is 12.6. The molecule has 5 heteroatoms. The van der Waals surface area contributed by atoms with Crippen LogP contribution in [0, 0.1) is 5.92 Å². The van der Waals surface area contributed by atoms with Crippen LogP contribution in [0.15, 0.2) is 24.3 Å². The fraction of sp³-hybridized carbons (Fsp3) is 0.562. The lowest BCUT2D eigenvalue weighted by Gasteiger charge is -2.24. The zero-order chi connectivity index (χ0) is 15.2. The van der Waals surface area contributed by atoms with E-state index in [2.05, 4.69) is 12.2 Å². The van der Waals surface area contributed by atoms with E-state index >= 15 is 0 Å². The van der Waals surface area contributed by atoms with Crippen LogP contribution in [0.5, 0.6) is 0 Å². The van der Waals surface area contributed by atoms with Crippen molar-refractivity contribution < 1.29 is 9.53 Å². The largest absolute Gasteiger partial charge is 0.379 e. The molecule has 4 nitrogen and oxygen atoms in total. The molecule has 2 unspecified atom stereocenters. The number of benzene rings is 1. The second-order valence-electron chi connectivity index (χ2n) is 5.53. The third kappa shape index (κ3) is 4.43. The van der Waals surface area contributed by atoms with Gasteiger partial charge in [-0.25, -0.2) is 0 Å². The molecule has 0 saturated carbocycles. The molecule has 21 heavy (non-hydrogen) atoms. The van der Waals surface area contributed by atoms with Gasteiger partial charge in [-0.2, -0.15) is 0 Å². The number of halogens is 1. The third-order valence-electron chi connectivity index (χ3n) is 3.74. The van der Waals surface area contributed by atoms with E-state index in [9.17, 15) is 4.79 Å². The standard InChI is InChI=1S/C16H23ClN2O2/c1-3-7-18-15-11-21-10-14(15)16(20)19(2)9-12-5-4-6-13(17)8-12/h4-6,8,14-15,18H,3,7,9-11H2,1-2H3. The number of rotatable bonds is 6. The molecule has 0 spiro atoms. The first-order valence-electron chi connectivity index (χ1n) is 7.42. The summed E-state index contributed by atoms with van der Waals surface area (Å²) in [5.74, 6) is 0.0295. The molecule has 1 aromatic rings. The van der Waals surface area contributed by atoms with Gasteiger partial charge in [-0.05, 0) is 30.7 Å². The highest BCUT2D eigenvalue weighted by atomic mass is 35.5. The van der Waals surface area contributed by atoms with Crippen molar-refractivity contribution in [3.63, 3.8) is 0 Å². The molecule has 0 radical (unpaired) electrons. The molecule has 2 rings (SSSR count). The first-order valence-corrected chi connectivity index (χ1v) is 7.80. The highest BCUT2D eigenvalue weighted by Crippen LogP contribution is 2.18. The quantitative estimate of drug-likeness (QED) is 0.876. The fourth-order valence-electron chi connectivity index (χ4n) is 2.60. The Morgan fingerprint density at radius 1 is 1.48 bits per heavy atom. The van der Waals surface area contributed by atoms with Gasteiger partial charge in [-0.15, -0.1) is 0 Å². The molecule has 1 aromatic carbocycles. The van der Waals surface area contributed by atoms with Gasteiger partial charge in [0.25, 0.3) is 0 Å². The van der Waals surface area contributed by atoms with Crippen molar-refractivity contribution in [1.82, 2.24) is 10.2 Å². The highest BCUT2D eigenvalue weighted by Gasteiger charge is 2.35. The molecule has 1 fully saturated rings. The molecule has 1 amide bonds. The number of nitrogens with one attached hydrogen (secondary N) is 1.